The highest BCUT2D eigenvalue weighted by Gasteiger charge is 2.34. The number of hydrogen-bond acceptors (Lipinski definition) is 3. The van der Waals surface area contributed by atoms with Crippen molar-refractivity contribution in [3.05, 3.63) is 34.3 Å². The van der Waals surface area contributed by atoms with Crippen LogP contribution < -0.4 is 5.73 Å². The summed E-state index contributed by atoms with van der Waals surface area (Å²) in [4.78, 5) is 14.0. The van der Waals surface area contributed by atoms with Crippen LogP contribution in [0.4, 0.5) is 4.79 Å². The largest absolute Gasteiger partial charge is 0.444 e. The van der Waals surface area contributed by atoms with Crippen LogP contribution in [0.5, 0.6) is 0 Å². The normalized spacial score (nSPS) is 20.0. The molecule has 2 atom stereocenters. The molecule has 4 nitrogen and oxygen atoms in total. The first-order valence-corrected chi connectivity index (χ1v) is 8.53. The van der Waals surface area contributed by atoms with E-state index in [1.807, 2.05) is 32.9 Å². The van der Waals surface area contributed by atoms with Crippen LogP contribution in [-0.2, 0) is 4.74 Å². The van der Waals surface area contributed by atoms with Crippen molar-refractivity contribution < 1.29 is 9.53 Å². The van der Waals surface area contributed by atoms with Crippen LogP contribution in [0.2, 0.25) is 0 Å². The highest BCUT2D eigenvalue weighted by molar-refractivity contribution is 9.10. The predicted molar refractivity (Wildman–Crippen MR) is 91.9 cm³/mol. The van der Waals surface area contributed by atoms with Gasteiger partial charge in [0, 0.05) is 23.5 Å². The third kappa shape index (κ3) is 4.46. The molecule has 1 aliphatic rings. The zero-order chi connectivity index (χ0) is 16.3. The maximum atomic E-state index is 12.2. The quantitative estimate of drug-likeness (QED) is 0.883. The molecular formula is C17H25BrN2O2. The average molecular weight is 369 g/mol. The lowest BCUT2D eigenvalue weighted by molar-refractivity contribution is 0.0286. The fourth-order valence-corrected chi connectivity index (χ4v) is 3.18. The Hall–Kier alpha value is -1.07. The van der Waals surface area contributed by atoms with Crippen LogP contribution in [-0.4, -0.2) is 36.2 Å². The highest BCUT2D eigenvalue weighted by Crippen LogP contribution is 2.32. The Morgan fingerprint density at radius 2 is 2.05 bits per heavy atom. The van der Waals surface area contributed by atoms with Crippen molar-refractivity contribution in [1.82, 2.24) is 4.90 Å². The van der Waals surface area contributed by atoms with Gasteiger partial charge in [-0.05, 0) is 57.4 Å². The van der Waals surface area contributed by atoms with E-state index in [1.165, 1.54) is 5.56 Å². The Balaban J connectivity index is 2.01. The number of carbonyl (C=O) groups excluding carboxylic acids is 1. The third-order valence-corrected chi connectivity index (χ3v) is 4.53. The molecule has 0 saturated carbocycles. The second kappa shape index (κ2) is 7.01. The molecule has 22 heavy (non-hydrogen) atoms. The molecule has 1 amide bonds. The first kappa shape index (κ1) is 17.3. The summed E-state index contributed by atoms with van der Waals surface area (Å²) in [5.74, 6) is 0.666. The van der Waals surface area contributed by atoms with Gasteiger partial charge in [0.15, 0.2) is 0 Å². The molecule has 0 bridgehead atoms. The molecule has 0 aliphatic carbocycles. The number of amides is 1. The van der Waals surface area contributed by atoms with Gasteiger partial charge in [-0.1, -0.05) is 28.1 Å². The third-order valence-electron chi connectivity index (χ3n) is 4.00. The van der Waals surface area contributed by atoms with E-state index in [0.717, 1.165) is 17.4 Å². The Labute approximate surface area is 141 Å². The summed E-state index contributed by atoms with van der Waals surface area (Å²) in [5.41, 5.74) is 6.79. The molecule has 1 saturated heterocycles. The Morgan fingerprint density at radius 3 is 2.59 bits per heavy atom. The molecule has 2 unspecified atom stereocenters. The minimum atomic E-state index is -0.450. The van der Waals surface area contributed by atoms with Crippen molar-refractivity contribution in [3.63, 3.8) is 0 Å². The van der Waals surface area contributed by atoms with Crippen molar-refractivity contribution in [2.75, 3.05) is 19.6 Å². The minimum absolute atomic E-state index is 0.221. The lowest BCUT2D eigenvalue weighted by Gasteiger charge is -2.26. The second-order valence-electron chi connectivity index (χ2n) is 6.87. The van der Waals surface area contributed by atoms with Gasteiger partial charge in [0.2, 0.25) is 0 Å². The van der Waals surface area contributed by atoms with Crippen LogP contribution in [0.15, 0.2) is 28.7 Å². The van der Waals surface area contributed by atoms with Crippen LogP contribution in [0.25, 0.3) is 0 Å². The molecule has 0 aromatic heterocycles. The van der Waals surface area contributed by atoms with Crippen molar-refractivity contribution in [1.29, 1.82) is 0 Å². The van der Waals surface area contributed by atoms with Gasteiger partial charge in [-0.15, -0.1) is 0 Å². The summed E-state index contributed by atoms with van der Waals surface area (Å²) in [6.07, 6.45) is 0.749. The predicted octanol–water partition coefficient (Wildman–Crippen LogP) is 3.75. The Bertz CT molecular complexity index is 510. The van der Waals surface area contributed by atoms with Crippen LogP contribution in [0.3, 0.4) is 0 Å². The Kier molecular flexibility index (Phi) is 5.50. The molecule has 2 N–H and O–H groups in total. The lowest BCUT2D eigenvalue weighted by Crippen LogP contribution is -2.36. The fourth-order valence-electron chi connectivity index (χ4n) is 2.92. The SMILES string of the molecule is CC(C)(C)OC(=O)N1CCC(C(CN)c2ccc(Br)cc2)C1. The number of halogens is 1. The number of rotatable bonds is 3. The molecule has 1 aliphatic heterocycles. The van der Waals surface area contributed by atoms with Crippen molar-refractivity contribution in [2.24, 2.45) is 11.7 Å². The van der Waals surface area contributed by atoms with E-state index in [4.69, 9.17) is 10.5 Å². The standard InChI is InChI=1S/C17H25BrN2O2/c1-17(2,3)22-16(21)20-9-8-13(11-20)15(10-19)12-4-6-14(18)7-5-12/h4-7,13,15H,8-11,19H2,1-3H3. The highest BCUT2D eigenvalue weighted by atomic mass is 79.9. The van der Waals surface area contributed by atoms with Gasteiger partial charge in [0.05, 0.1) is 0 Å². The van der Waals surface area contributed by atoms with Crippen LogP contribution >= 0.6 is 15.9 Å². The minimum Gasteiger partial charge on any atom is -0.444 e. The fraction of sp³-hybridized carbons (Fsp3) is 0.588. The lowest BCUT2D eigenvalue weighted by atomic mass is 9.85. The van der Waals surface area contributed by atoms with Gasteiger partial charge in [-0.3, -0.25) is 0 Å². The number of hydrogen-bond donors (Lipinski definition) is 1. The zero-order valence-electron chi connectivity index (χ0n) is 13.5. The molecule has 1 fully saturated rings. The number of likely N-dealkylation sites (tertiary alicyclic amines) is 1. The smallest absolute Gasteiger partial charge is 0.410 e. The summed E-state index contributed by atoms with van der Waals surface area (Å²) in [6.45, 7) is 7.73. The number of carbonyl (C=O) groups is 1. The molecule has 1 aromatic carbocycles. The van der Waals surface area contributed by atoms with Crippen LogP contribution in [0, 0.1) is 5.92 Å². The summed E-state index contributed by atoms with van der Waals surface area (Å²) in [7, 11) is 0. The monoisotopic (exact) mass is 368 g/mol. The Morgan fingerprint density at radius 1 is 1.41 bits per heavy atom. The molecule has 0 radical (unpaired) electrons. The number of benzene rings is 1. The molecule has 1 aromatic rings. The first-order valence-electron chi connectivity index (χ1n) is 7.73. The van der Waals surface area contributed by atoms with E-state index in [9.17, 15) is 4.79 Å². The zero-order valence-corrected chi connectivity index (χ0v) is 15.1. The molecule has 122 valence electrons. The van der Waals surface area contributed by atoms with E-state index in [2.05, 4.69) is 28.1 Å². The molecule has 0 spiro atoms. The molecular weight excluding hydrogens is 344 g/mol. The van der Waals surface area contributed by atoms with Crippen LogP contribution in [0.1, 0.15) is 38.7 Å². The summed E-state index contributed by atoms with van der Waals surface area (Å²) >= 11 is 3.46. The van der Waals surface area contributed by atoms with Crippen molar-refractivity contribution in [3.8, 4) is 0 Å². The summed E-state index contributed by atoms with van der Waals surface area (Å²) in [6, 6.07) is 8.30. The van der Waals surface area contributed by atoms with E-state index in [1.54, 1.807) is 4.90 Å². The van der Waals surface area contributed by atoms with Gasteiger partial charge in [0.25, 0.3) is 0 Å². The van der Waals surface area contributed by atoms with Crippen molar-refractivity contribution >= 4 is 22.0 Å². The number of nitrogens with zero attached hydrogens (tertiary/aromatic N) is 1. The summed E-state index contributed by atoms with van der Waals surface area (Å²) in [5, 5.41) is 0. The second-order valence-corrected chi connectivity index (χ2v) is 7.78. The maximum Gasteiger partial charge on any atom is 0.410 e. The molecule has 5 heteroatoms. The molecule has 1 heterocycles. The first-order chi connectivity index (χ1) is 10.3. The average Bonchev–Trinajstić information content (AvgIpc) is 2.89. The van der Waals surface area contributed by atoms with E-state index >= 15 is 0 Å². The topological polar surface area (TPSA) is 55.6 Å². The van der Waals surface area contributed by atoms with Gasteiger partial charge in [0.1, 0.15) is 5.60 Å². The van der Waals surface area contributed by atoms with Crippen molar-refractivity contribution in [2.45, 2.75) is 38.7 Å². The van der Waals surface area contributed by atoms with Gasteiger partial charge >= 0.3 is 6.09 Å². The van der Waals surface area contributed by atoms with Gasteiger partial charge in [-0.2, -0.15) is 0 Å². The van der Waals surface area contributed by atoms with Gasteiger partial charge in [-0.25, -0.2) is 4.79 Å². The van der Waals surface area contributed by atoms with E-state index in [-0.39, 0.29) is 12.0 Å². The van der Waals surface area contributed by atoms with Gasteiger partial charge < -0.3 is 15.4 Å². The van der Waals surface area contributed by atoms with E-state index in [0.29, 0.717) is 19.0 Å². The molecule has 2 rings (SSSR count). The van der Waals surface area contributed by atoms with E-state index < -0.39 is 5.60 Å². The number of nitrogens with two attached hydrogens (primary N) is 1. The number of ether oxygens (including phenoxy) is 1. The maximum absolute atomic E-state index is 12.2. The summed E-state index contributed by atoms with van der Waals surface area (Å²) < 4.78 is 6.52.